The van der Waals surface area contributed by atoms with Gasteiger partial charge in [-0.05, 0) is 0 Å². The fraction of sp³-hybridized carbons (Fsp3) is 0. The Morgan fingerprint density at radius 1 is 0.909 bits per heavy atom. The molecule has 0 aromatic carbocycles. The van der Waals surface area contributed by atoms with Gasteiger partial charge in [0.25, 0.3) is 0 Å². The molecule has 11 heavy (non-hydrogen) atoms. The van der Waals surface area contributed by atoms with Gasteiger partial charge in [-0.25, -0.2) is 0 Å². The topological polar surface area (TPSA) is 126 Å². The van der Waals surface area contributed by atoms with Gasteiger partial charge in [0.05, 0.1) is 0 Å². The minimum absolute atomic E-state index is 2.19. The molecule has 0 atom stereocenters. The van der Waals surface area contributed by atoms with Crippen molar-refractivity contribution in [2.24, 2.45) is 0 Å². The average molecular weight is 289 g/mol. The van der Waals surface area contributed by atoms with Gasteiger partial charge in [0.15, 0.2) is 12.5 Å². The Labute approximate surface area is 72.5 Å². The first-order valence-electron chi connectivity index (χ1n) is 1.53. The van der Waals surface area contributed by atoms with Crippen LogP contribution in [-0.2, 0) is 29.6 Å². The summed E-state index contributed by atoms with van der Waals surface area (Å²) >= 11 is 0.639. The van der Waals surface area contributed by atoms with Crippen LogP contribution in [0.15, 0.2) is 0 Å². The predicted molar refractivity (Wildman–Crippen MR) is 37.0 cm³/mol. The molecular weight excluding hydrogens is 287 g/mol. The molecule has 0 radical (unpaired) electrons. The van der Waals surface area contributed by atoms with E-state index in [4.69, 9.17) is 13.3 Å². The van der Waals surface area contributed by atoms with Crippen LogP contribution in [-0.4, -0.2) is 42.9 Å². The van der Waals surface area contributed by atoms with E-state index in [1.165, 1.54) is 0 Å². The predicted octanol–water partition coefficient (Wildman–Crippen LogP) is -2.04. The Morgan fingerprint density at radius 3 is 1.09 bits per heavy atom. The Balaban J connectivity index is 0. The molecule has 0 bridgehead atoms. The second-order valence-electron chi connectivity index (χ2n) is 0.924. The molecule has 11 heteroatoms. The zero-order valence-corrected chi connectivity index (χ0v) is 8.73. The van der Waals surface area contributed by atoms with Crippen LogP contribution in [0.2, 0.25) is 0 Å². The second-order valence-corrected chi connectivity index (χ2v) is 11.1. The summed E-state index contributed by atoms with van der Waals surface area (Å²) in [6, 6.07) is 0. The number of hydrogen-bond donors (Lipinski definition) is 2. The molecule has 68 valence electrons. The Hall–Kier alpha value is 0.359. The van der Waals surface area contributed by atoms with Crippen molar-refractivity contribution in [3.8, 4) is 0 Å². The third-order valence-electron chi connectivity index (χ3n) is 0.172. The first-order valence-corrected chi connectivity index (χ1v) is 8.79. The molecule has 0 saturated carbocycles. The van der Waals surface area contributed by atoms with E-state index >= 15 is 0 Å². The second kappa shape index (κ2) is 5.08. The molecule has 0 aliphatic carbocycles. The van der Waals surface area contributed by atoms with Crippen molar-refractivity contribution in [1.82, 2.24) is 0 Å². The molecule has 0 spiro atoms. The molecule has 0 aliphatic rings. The van der Waals surface area contributed by atoms with E-state index in [0.29, 0.717) is 0 Å². The van der Waals surface area contributed by atoms with Crippen LogP contribution in [0.3, 0.4) is 0 Å². The van der Waals surface area contributed by atoms with Crippen LogP contribution in [0.4, 0.5) is 0 Å². The van der Waals surface area contributed by atoms with E-state index in [9.17, 15) is 16.8 Å². The van der Waals surface area contributed by atoms with Gasteiger partial charge < -0.3 is 0 Å². The van der Waals surface area contributed by atoms with Crippen LogP contribution in [0.5, 0.6) is 0 Å². The van der Waals surface area contributed by atoms with Crippen LogP contribution in [0.1, 0.15) is 0 Å². The fourth-order valence-corrected chi connectivity index (χ4v) is 5.08. The van der Waals surface area contributed by atoms with Crippen molar-refractivity contribution in [2.45, 2.75) is 0 Å². The van der Waals surface area contributed by atoms with Gasteiger partial charge in [-0.1, -0.05) is 0 Å². The van der Waals surface area contributed by atoms with Gasteiger partial charge in [0.2, 0.25) is 0 Å². The van der Waals surface area contributed by atoms with Crippen LogP contribution in [0, 0.1) is 0 Å². The molecule has 0 aliphatic heterocycles. The summed E-state index contributed by atoms with van der Waals surface area (Å²) in [6.45, 7) is 0. The monoisotopic (exact) mass is 290 g/mol. The summed E-state index contributed by atoms with van der Waals surface area (Å²) in [7, 11) is -9.11. The zero-order valence-electron chi connectivity index (χ0n) is 4.57. The maximum atomic E-state index is 9.69. The average Bonchev–Trinajstić information content (AvgIpc) is 1.60. The minimum atomic E-state index is -4.56. The quantitative estimate of drug-likeness (QED) is 0.440. The van der Waals surface area contributed by atoms with Crippen molar-refractivity contribution in [2.75, 3.05) is 0 Å². The summed E-state index contributed by atoms with van der Waals surface area (Å²) in [5.74, 6) is 0. The van der Waals surface area contributed by atoms with Gasteiger partial charge in [-0.15, -0.1) is 0 Å². The van der Waals surface area contributed by atoms with Crippen molar-refractivity contribution in [3.63, 3.8) is 0 Å². The molecule has 0 unspecified atom stereocenters. The summed E-state index contributed by atoms with van der Waals surface area (Å²) in [4.78, 5) is 0. The van der Waals surface area contributed by atoms with Gasteiger partial charge in [-0.3, -0.25) is 0 Å². The molecule has 2 N–H and O–H groups in total. The van der Waals surface area contributed by atoms with Crippen LogP contribution < -0.4 is 0 Å². The van der Waals surface area contributed by atoms with Gasteiger partial charge in [-0.2, -0.15) is 4.21 Å². The molecule has 0 aromatic heterocycles. The van der Waals surface area contributed by atoms with E-state index < -0.39 is 29.8 Å². The Kier molecular flexibility index (Phi) is 6.43. The van der Waals surface area contributed by atoms with Crippen molar-refractivity contribution < 1.29 is 30.1 Å². The van der Waals surface area contributed by atoms with Crippen molar-refractivity contribution in [3.05, 3.63) is 0 Å². The molecule has 0 saturated heterocycles. The van der Waals surface area contributed by atoms with Gasteiger partial charge in [0.1, 0.15) is 0 Å². The van der Waals surface area contributed by atoms with E-state index in [1.807, 2.05) is 0 Å². The summed E-state index contributed by atoms with van der Waals surface area (Å²) in [6.07, 6.45) is 0. The molecular formula is H2O7S3Se. The van der Waals surface area contributed by atoms with E-state index in [-0.39, 0.29) is 0 Å². The molecule has 0 aromatic rings. The normalized spacial score (nSPS) is 11.5. The zero-order chi connectivity index (χ0) is 9.71. The summed E-state index contributed by atoms with van der Waals surface area (Å²) < 4.78 is 62.2. The summed E-state index contributed by atoms with van der Waals surface area (Å²) in [5, 5.41) is 0. The Morgan fingerprint density at radius 2 is 1.09 bits per heavy atom. The van der Waals surface area contributed by atoms with E-state index in [1.54, 1.807) is 0 Å². The fourth-order valence-electron chi connectivity index (χ4n) is 0.109. The van der Waals surface area contributed by atoms with Gasteiger partial charge in [0, 0.05) is 0 Å². The van der Waals surface area contributed by atoms with E-state index in [2.05, 4.69) is 12.5 Å². The number of hydrogen-bond acceptors (Lipinski definition) is 6. The molecule has 0 fully saturated rings. The van der Waals surface area contributed by atoms with Crippen LogP contribution in [0.25, 0.3) is 0 Å². The van der Waals surface area contributed by atoms with Crippen LogP contribution >= 0.6 is 0 Å². The molecule has 0 heterocycles. The summed E-state index contributed by atoms with van der Waals surface area (Å²) in [5.41, 5.74) is 0. The first-order chi connectivity index (χ1) is 4.71. The maximum absolute atomic E-state index is 9.69. The third kappa shape index (κ3) is 17.9. The molecule has 7 nitrogen and oxygen atoms in total. The van der Waals surface area contributed by atoms with Gasteiger partial charge >= 0.3 is 55.7 Å². The standard InChI is InChI=1S/H2O6S2Se.OS/c1-7(2,3)9-8(4,5)6;1-2/h(H,1,2,3)(H,4,5,6);. The molecule has 0 rings (SSSR count). The SMILES string of the molecule is O=S.O=S(=O)(O)[Se]S(=O)(=O)O. The van der Waals surface area contributed by atoms with E-state index in [0.717, 1.165) is 0 Å². The first kappa shape index (κ1) is 13.9. The Bertz CT molecular complexity index is 252. The molecule has 0 amide bonds. The van der Waals surface area contributed by atoms with Crippen molar-refractivity contribution >= 4 is 42.3 Å². The number of rotatable bonds is 2. The van der Waals surface area contributed by atoms with Crippen molar-refractivity contribution in [1.29, 1.82) is 0 Å². The third-order valence-corrected chi connectivity index (χ3v) is 8.04.